The monoisotopic (exact) mass is 513 g/mol. The van der Waals surface area contributed by atoms with E-state index in [2.05, 4.69) is 0 Å². The Kier molecular flexibility index (Phi) is 7.50. The number of rotatable bonds is 0. The average Bonchev–Trinajstić information content (AvgIpc) is 3.58. The van der Waals surface area contributed by atoms with E-state index in [9.17, 15) is 0 Å². The predicted molar refractivity (Wildman–Crippen MR) is 140 cm³/mol. The van der Waals surface area contributed by atoms with Gasteiger partial charge in [-0.15, -0.1) is 0 Å². The van der Waals surface area contributed by atoms with E-state index in [1.165, 1.54) is 0 Å². The van der Waals surface area contributed by atoms with Gasteiger partial charge in [-0.2, -0.15) is 0 Å². The van der Waals surface area contributed by atoms with Crippen LogP contribution in [0.3, 0.4) is 0 Å². The summed E-state index contributed by atoms with van der Waals surface area (Å²) < 4.78 is 35.0. The van der Waals surface area contributed by atoms with Gasteiger partial charge in [0.1, 0.15) is 22.4 Å². The maximum Gasteiger partial charge on any atom is 0.246 e. The molecular weight excluding hydrogens is 486 g/mol. The molecular formula is C29H27N3O6. The highest BCUT2D eigenvalue weighted by atomic mass is 16.5. The smallest absolute Gasteiger partial charge is 0.246 e. The molecule has 9 nitrogen and oxygen atoms in total. The van der Waals surface area contributed by atoms with Gasteiger partial charge in [0.05, 0.1) is 52.9 Å². The topological polar surface area (TPSA) is 102 Å². The van der Waals surface area contributed by atoms with Crippen molar-refractivity contribution < 1.29 is 27.8 Å². The molecule has 0 saturated carbocycles. The summed E-state index contributed by atoms with van der Waals surface area (Å²) in [7, 11) is 0. The zero-order valence-electron chi connectivity index (χ0n) is 20.8. The molecule has 0 radical (unpaired) electrons. The summed E-state index contributed by atoms with van der Waals surface area (Å²) in [4.78, 5) is 14.2. The predicted octanol–water partition coefficient (Wildman–Crippen LogP) is 5.33. The number of hydrogen-bond donors (Lipinski definition) is 0. The molecule has 0 unspecified atom stereocenters. The summed E-state index contributed by atoms with van der Waals surface area (Å²) in [5.74, 6) is 0.838. The van der Waals surface area contributed by atoms with Crippen LogP contribution in [-0.2, 0) is 32.2 Å². The van der Waals surface area contributed by atoms with Crippen LogP contribution in [0.5, 0.6) is 0 Å². The first kappa shape index (κ1) is 24.4. The molecule has 6 rings (SSSR count). The van der Waals surface area contributed by atoms with E-state index in [1.54, 1.807) is 0 Å². The number of ether oxygens (including phenoxy) is 4. The molecule has 1 aliphatic rings. The minimum atomic E-state index is 0.400. The standard InChI is InChI=1S/C29H27N3O6/c1-2-13-34-15-17-36-19-21-7-4-11-25-27(21)32-29(38-25)23-9-5-8-22(30-23)28-31-26-20(6-3-10-24(26)37-28)18-35-16-14-33-12-1/h1-11H,12-19H2/b2-1-. The molecule has 4 heterocycles. The van der Waals surface area contributed by atoms with Gasteiger partial charge >= 0.3 is 0 Å². The number of fused-ring (bicyclic) bond motifs is 6. The summed E-state index contributed by atoms with van der Waals surface area (Å²) in [6.45, 7) is 3.72. The SMILES string of the molecule is C1=C\COCCOCc2cccc3oc(nc23)-c2cccc(n2)-c2nc3c(cccc3o2)COCCOC/1. The fourth-order valence-corrected chi connectivity index (χ4v) is 4.17. The van der Waals surface area contributed by atoms with Gasteiger partial charge in [0.25, 0.3) is 0 Å². The fraction of sp³-hybridized carbons (Fsp3) is 0.276. The van der Waals surface area contributed by atoms with Gasteiger partial charge in [0.15, 0.2) is 11.2 Å². The normalized spacial score (nSPS) is 16.9. The van der Waals surface area contributed by atoms with Crippen molar-refractivity contribution in [2.45, 2.75) is 13.2 Å². The number of benzene rings is 2. The Morgan fingerprint density at radius 1 is 0.500 bits per heavy atom. The second-order valence-corrected chi connectivity index (χ2v) is 8.70. The number of aromatic nitrogens is 3. The van der Waals surface area contributed by atoms with Crippen LogP contribution in [-0.4, -0.2) is 54.6 Å². The molecule has 0 N–H and O–H groups in total. The Hall–Kier alpha value is -3.89. The molecule has 6 bridgehead atoms. The lowest BCUT2D eigenvalue weighted by Crippen LogP contribution is -2.06. The molecule has 3 aromatic heterocycles. The van der Waals surface area contributed by atoms with Crippen molar-refractivity contribution in [1.82, 2.24) is 15.0 Å². The van der Waals surface area contributed by atoms with Crippen molar-refractivity contribution in [2.75, 3.05) is 39.6 Å². The zero-order valence-corrected chi connectivity index (χ0v) is 20.8. The van der Waals surface area contributed by atoms with Gasteiger partial charge in [-0.05, 0) is 24.3 Å². The van der Waals surface area contributed by atoms with Crippen LogP contribution in [0.2, 0.25) is 0 Å². The fourth-order valence-electron chi connectivity index (χ4n) is 4.17. The highest BCUT2D eigenvalue weighted by Gasteiger charge is 2.17. The Bertz CT molecular complexity index is 1450. The lowest BCUT2D eigenvalue weighted by molar-refractivity contribution is 0.0479. The Balaban J connectivity index is 1.31. The summed E-state index contributed by atoms with van der Waals surface area (Å²) in [5.41, 5.74) is 5.88. The first-order valence-corrected chi connectivity index (χ1v) is 12.6. The molecule has 1 aliphatic heterocycles. The summed E-state index contributed by atoms with van der Waals surface area (Å²) >= 11 is 0. The lowest BCUT2D eigenvalue weighted by Gasteiger charge is -2.05. The largest absolute Gasteiger partial charge is 0.435 e. The number of para-hydroxylation sites is 2. The van der Waals surface area contributed by atoms with Gasteiger partial charge in [-0.25, -0.2) is 15.0 Å². The van der Waals surface area contributed by atoms with Crippen LogP contribution in [0, 0.1) is 0 Å². The quantitative estimate of drug-likeness (QED) is 0.254. The van der Waals surface area contributed by atoms with Crippen molar-refractivity contribution in [1.29, 1.82) is 0 Å². The third-order valence-corrected chi connectivity index (χ3v) is 6.05. The molecule has 194 valence electrons. The van der Waals surface area contributed by atoms with E-state index in [4.69, 9.17) is 42.7 Å². The minimum absolute atomic E-state index is 0.400. The van der Waals surface area contributed by atoms with Crippen LogP contribution >= 0.6 is 0 Å². The van der Waals surface area contributed by atoms with Crippen LogP contribution in [0.25, 0.3) is 45.4 Å². The summed E-state index contributed by atoms with van der Waals surface area (Å²) in [6.07, 6.45) is 3.87. The van der Waals surface area contributed by atoms with E-state index >= 15 is 0 Å². The summed E-state index contributed by atoms with van der Waals surface area (Å²) in [6, 6.07) is 17.2. The molecule has 0 atom stereocenters. The van der Waals surface area contributed by atoms with Gasteiger partial charge in [-0.1, -0.05) is 42.5 Å². The van der Waals surface area contributed by atoms with Crippen LogP contribution in [0.15, 0.2) is 75.6 Å². The third-order valence-electron chi connectivity index (χ3n) is 6.05. The highest BCUT2D eigenvalue weighted by molar-refractivity contribution is 5.80. The van der Waals surface area contributed by atoms with Crippen LogP contribution in [0.1, 0.15) is 11.1 Å². The van der Waals surface area contributed by atoms with Gasteiger partial charge in [0.2, 0.25) is 11.8 Å². The number of oxazole rings is 2. The van der Waals surface area contributed by atoms with Gasteiger partial charge in [-0.3, -0.25) is 0 Å². The molecule has 0 amide bonds. The molecule has 0 aliphatic carbocycles. The van der Waals surface area contributed by atoms with E-state index in [1.807, 2.05) is 66.7 Å². The maximum atomic E-state index is 6.06. The molecule has 2 aromatic carbocycles. The van der Waals surface area contributed by atoms with Crippen molar-refractivity contribution in [2.24, 2.45) is 0 Å². The van der Waals surface area contributed by atoms with E-state index in [0.717, 1.165) is 22.2 Å². The number of pyridine rings is 1. The van der Waals surface area contributed by atoms with Crippen molar-refractivity contribution in [3.05, 3.63) is 77.9 Å². The molecule has 9 heteroatoms. The van der Waals surface area contributed by atoms with E-state index in [-0.39, 0.29) is 0 Å². The second-order valence-electron chi connectivity index (χ2n) is 8.70. The zero-order chi connectivity index (χ0) is 25.6. The minimum Gasteiger partial charge on any atom is -0.435 e. The van der Waals surface area contributed by atoms with Gasteiger partial charge < -0.3 is 27.8 Å². The maximum absolute atomic E-state index is 6.06. The third kappa shape index (κ3) is 5.51. The first-order chi connectivity index (χ1) is 18.8. The summed E-state index contributed by atoms with van der Waals surface area (Å²) in [5, 5.41) is 0. The van der Waals surface area contributed by atoms with Gasteiger partial charge in [0, 0.05) is 11.1 Å². The average molecular weight is 514 g/mol. The Morgan fingerprint density at radius 2 is 0.974 bits per heavy atom. The van der Waals surface area contributed by atoms with Crippen molar-refractivity contribution in [3.63, 3.8) is 0 Å². The lowest BCUT2D eigenvalue weighted by atomic mass is 10.2. The van der Waals surface area contributed by atoms with Crippen LogP contribution < -0.4 is 0 Å². The number of hydrogen-bond acceptors (Lipinski definition) is 9. The molecule has 0 saturated heterocycles. The van der Waals surface area contributed by atoms with E-state index in [0.29, 0.717) is 87.2 Å². The van der Waals surface area contributed by atoms with Crippen molar-refractivity contribution in [3.8, 4) is 23.2 Å². The number of nitrogens with zero attached hydrogens (tertiary/aromatic N) is 3. The highest BCUT2D eigenvalue weighted by Crippen LogP contribution is 2.29. The molecule has 0 fully saturated rings. The second kappa shape index (κ2) is 11.7. The molecule has 38 heavy (non-hydrogen) atoms. The molecule has 5 aromatic rings. The Labute approximate surface area is 219 Å². The van der Waals surface area contributed by atoms with Crippen molar-refractivity contribution >= 4 is 22.2 Å². The van der Waals surface area contributed by atoms with E-state index < -0.39 is 0 Å². The Morgan fingerprint density at radius 3 is 1.50 bits per heavy atom. The van der Waals surface area contributed by atoms with Crippen LogP contribution in [0.4, 0.5) is 0 Å². The molecule has 0 spiro atoms. The first-order valence-electron chi connectivity index (χ1n) is 12.6.